The van der Waals surface area contributed by atoms with Gasteiger partial charge in [0.2, 0.25) is 0 Å². The van der Waals surface area contributed by atoms with Crippen molar-refractivity contribution >= 4 is 5.97 Å². The van der Waals surface area contributed by atoms with E-state index in [-0.39, 0.29) is 0 Å². The number of hydrogen-bond acceptors (Lipinski definition) is 4. The molecule has 0 aromatic rings. The largest absolute Gasteiger partial charge is 0.446 e. The van der Waals surface area contributed by atoms with Crippen molar-refractivity contribution in [2.24, 2.45) is 0 Å². The van der Waals surface area contributed by atoms with Crippen molar-refractivity contribution in [3.05, 3.63) is 0 Å². The summed E-state index contributed by atoms with van der Waals surface area (Å²) >= 11 is 0. The molecule has 1 aliphatic heterocycles. The minimum absolute atomic E-state index is 0.329. The number of hydrogen-bond donors (Lipinski definition) is 0. The lowest BCUT2D eigenvalue weighted by molar-refractivity contribution is -0.184. The molecule has 1 aliphatic rings. The van der Waals surface area contributed by atoms with E-state index in [1.54, 1.807) is 13.8 Å². The number of terminal acetylenes is 1. The van der Waals surface area contributed by atoms with Crippen LogP contribution in [-0.2, 0) is 19.0 Å². The van der Waals surface area contributed by atoms with E-state index in [4.69, 9.17) is 20.6 Å². The zero-order chi connectivity index (χ0) is 11.5. The normalized spacial score (nSPS) is 22.8. The third-order valence-corrected chi connectivity index (χ3v) is 2.23. The molecule has 0 amide bonds. The van der Waals surface area contributed by atoms with Gasteiger partial charge in [-0.1, -0.05) is 5.92 Å². The second-order valence-electron chi connectivity index (χ2n) is 3.98. The van der Waals surface area contributed by atoms with E-state index in [2.05, 4.69) is 5.92 Å². The quantitative estimate of drug-likeness (QED) is 0.519. The van der Waals surface area contributed by atoms with Gasteiger partial charge in [0.15, 0.2) is 11.4 Å². The standard InChI is InChI=1S/C11H16O4/c1-5-10(3,15-9(2)12)8-11(4)13-6-7-14-11/h1H,6-8H2,2-4H3/t10-/m1/s1. The maximum absolute atomic E-state index is 10.9. The van der Waals surface area contributed by atoms with Crippen LogP contribution in [0.25, 0.3) is 0 Å². The van der Waals surface area contributed by atoms with Crippen molar-refractivity contribution in [2.45, 2.75) is 38.6 Å². The van der Waals surface area contributed by atoms with Gasteiger partial charge < -0.3 is 14.2 Å². The molecule has 1 rings (SSSR count). The second kappa shape index (κ2) is 4.21. The molecule has 1 fully saturated rings. The molecule has 4 heteroatoms. The highest BCUT2D eigenvalue weighted by Gasteiger charge is 2.40. The fraction of sp³-hybridized carbons (Fsp3) is 0.727. The van der Waals surface area contributed by atoms with E-state index in [1.165, 1.54) is 6.92 Å². The number of carbonyl (C=O) groups is 1. The first-order valence-electron chi connectivity index (χ1n) is 4.84. The molecule has 84 valence electrons. The first kappa shape index (κ1) is 12.0. The summed E-state index contributed by atoms with van der Waals surface area (Å²) in [6, 6.07) is 0. The second-order valence-corrected chi connectivity index (χ2v) is 3.98. The average molecular weight is 212 g/mol. The molecule has 0 spiro atoms. The van der Waals surface area contributed by atoms with Crippen LogP contribution in [0.1, 0.15) is 27.2 Å². The van der Waals surface area contributed by atoms with E-state index in [0.29, 0.717) is 19.6 Å². The molecule has 15 heavy (non-hydrogen) atoms. The van der Waals surface area contributed by atoms with E-state index in [0.717, 1.165) is 0 Å². The van der Waals surface area contributed by atoms with Crippen LogP contribution in [0.5, 0.6) is 0 Å². The summed E-state index contributed by atoms with van der Waals surface area (Å²) in [6.45, 7) is 5.87. The van der Waals surface area contributed by atoms with Crippen molar-refractivity contribution in [1.82, 2.24) is 0 Å². The Morgan fingerprint density at radius 3 is 2.53 bits per heavy atom. The van der Waals surface area contributed by atoms with E-state index >= 15 is 0 Å². The van der Waals surface area contributed by atoms with Crippen molar-refractivity contribution < 1.29 is 19.0 Å². The maximum atomic E-state index is 10.9. The van der Waals surface area contributed by atoms with Gasteiger partial charge in [0.1, 0.15) is 0 Å². The van der Waals surface area contributed by atoms with Gasteiger partial charge in [-0.3, -0.25) is 4.79 Å². The Hall–Kier alpha value is -1.05. The van der Waals surface area contributed by atoms with Crippen LogP contribution < -0.4 is 0 Å². The topological polar surface area (TPSA) is 44.8 Å². The Morgan fingerprint density at radius 1 is 1.60 bits per heavy atom. The van der Waals surface area contributed by atoms with E-state index < -0.39 is 17.4 Å². The molecule has 0 bridgehead atoms. The molecule has 0 radical (unpaired) electrons. The zero-order valence-corrected chi connectivity index (χ0v) is 9.33. The van der Waals surface area contributed by atoms with Crippen LogP contribution in [-0.4, -0.2) is 30.6 Å². The molecular weight excluding hydrogens is 196 g/mol. The summed E-state index contributed by atoms with van der Waals surface area (Å²) in [4.78, 5) is 10.9. The van der Waals surface area contributed by atoms with E-state index in [9.17, 15) is 4.79 Å². The van der Waals surface area contributed by atoms with Gasteiger partial charge in [0.05, 0.1) is 19.6 Å². The fourth-order valence-electron chi connectivity index (χ4n) is 1.71. The molecule has 0 aromatic carbocycles. The summed E-state index contributed by atoms with van der Waals surface area (Å²) in [5, 5.41) is 0. The smallest absolute Gasteiger partial charge is 0.304 e. The van der Waals surface area contributed by atoms with Gasteiger partial charge in [-0.2, -0.15) is 0 Å². The summed E-state index contributed by atoms with van der Waals surface area (Å²) in [5.74, 6) is 1.30. The van der Waals surface area contributed by atoms with Gasteiger partial charge in [0.25, 0.3) is 0 Å². The maximum Gasteiger partial charge on any atom is 0.304 e. The molecule has 0 aliphatic carbocycles. The SMILES string of the molecule is C#C[C@](C)(CC1(C)OCCO1)OC(C)=O. The van der Waals surface area contributed by atoms with Crippen LogP contribution in [0.4, 0.5) is 0 Å². The molecule has 4 nitrogen and oxygen atoms in total. The van der Waals surface area contributed by atoms with Crippen LogP contribution in [0.2, 0.25) is 0 Å². The van der Waals surface area contributed by atoms with Crippen LogP contribution in [0.3, 0.4) is 0 Å². The van der Waals surface area contributed by atoms with Gasteiger partial charge in [-0.05, 0) is 13.8 Å². The van der Waals surface area contributed by atoms with Crippen LogP contribution >= 0.6 is 0 Å². The molecule has 1 saturated heterocycles. The van der Waals surface area contributed by atoms with Gasteiger partial charge >= 0.3 is 5.97 Å². The molecule has 0 saturated carbocycles. The number of ether oxygens (including phenoxy) is 3. The van der Waals surface area contributed by atoms with Gasteiger partial charge in [-0.15, -0.1) is 6.42 Å². The Kier molecular flexibility index (Phi) is 3.38. The minimum Gasteiger partial charge on any atom is -0.446 e. The summed E-state index contributed by atoms with van der Waals surface area (Å²) in [6.07, 6.45) is 5.68. The predicted molar refractivity (Wildman–Crippen MR) is 53.9 cm³/mol. The highest BCUT2D eigenvalue weighted by atomic mass is 16.7. The molecule has 0 N–H and O–H groups in total. The predicted octanol–water partition coefficient (Wildman–Crippen LogP) is 1.09. The third-order valence-electron chi connectivity index (χ3n) is 2.23. The summed E-state index contributed by atoms with van der Waals surface area (Å²) < 4.78 is 15.9. The number of carbonyl (C=O) groups excluding carboxylic acids is 1. The third kappa shape index (κ3) is 3.22. The van der Waals surface area contributed by atoms with Gasteiger partial charge in [-0.25, -0.2) is 0 Å². The lowest BCUT2D eigenvalue weighted by Gasteiger charge is -2.31. The Bertz CT molecular complexity index is 285. The molecule has 0 aromatic heterocycles. The number of esters is 1. The molecule has 1 atom stereocenters. The highest BCUT2D eigenvalue weighted by molar-refractivity contribution is 5.67. The van der Waals surface area contributed by atoms with Crippen molar-refractivity contribution in [3.8, 4) is 12.3 Å². The molecular formula is C11H16O4. The van der Waals surface area contributed by atoms with Crippen LogP contribution in [0, 0.1) is 12.3 Å². The minimum atomic E-state index is -0.981. The van der Waals surface area contributed by atoms with Crippen molar-refractivity contribution in [3.63, 3.8) is 0 Å². The fourth-order valence-corrected chi connectivity index (χ4v) is 1.71. The van der Waals surface area contributed by atoms with Gasteiger partial charge in [0, 0.05) is 6.92 Å². The lowest BCUT2D eigenvalue weighted by Crippen LogP contribution is -2.40. The first-order chi connectivity index (χ1) is 6.89. The van der Waals surface area contributed by atoms with Crippen molar-refractivity contribution in [1.29, 1.82) is 0 Å². The van der Waals surface area contributed by atoms with Crippen molar-refractivity contribution in [2.75, 3.05) is 13.2 Å². The Labute approximate surface area is 89.9 Å². The molecule has 0 unspecified atom stereocenters. The summed E-state index contributed by atoms with van der Waals surface area (Å²) in [5.41, 5.74) is -0.981. The molecule has 1 heterocycles. The Balaban J connectivity index is 2.67. The number of rotatable bonds is 3. The zero-order valence-electron chi connectivity index (χ0n) is 9.33. The first-order valence-corrected chi connectivity index (χ1v) is 4.84. The summed E-state index contributed by atoms with van der Waals surface area (Å²) in [7, 11) is 0. The highest BCUT2D eigenvalue weighted by Crippen LogP contribution is 2.30. The van der Waals surface area contributed by atoms with E-state index in [1.807, 2.05) is 0 Å². The Morgan fingerprint density at radius 2 is 2.13 bits per heavy atom. The monoisotopic (exact) mass is 212 g/mol. The average Bonchev–Trinajstić information content (AvgIpc) is 2.50. The van der Waals surface area contributed by atoms with Crippen LogP contribution in [0.15, 0.2) is 0 Å². The lowest BCUT2D eigenvalue weighted by atomic mass is 9.97.